The van der Waals surface area contributed by atoms with Gasteiger partial charge in [0, 0.05) is 5.92 Å². The van der Waals surface area contributed by atoms with Gasteiger partial charge < -0.3 is 5.32 Å². The number of H-pyrrole nitrogens is 1. The molecule has 16 heavy (non-hydrogen) atoms. The van der Waals surface area contributed by atoms with Crippen LogP contribution in [0.1, 0.15) is 31.0 Å². The second-order valence-electron chi connectivity index (χ2n) is 4.23. The predicted octanol–water partition coefficient (Wildman–Crippen LogP) is 1.79. The normalized spacial score (nSPS) is 16.6. The van der Waals surface area contributed by atoms with Crippen LogP contribution in [0.2, 0.25) is 0 Å². The maximum Gasteiger partial charge on any atom is 0.0757 e. The summed E-state index contributed by atoms with van der Waals surface area (Å²) in [5, 5.41) is 10.3. The lowest BCUT2D eigenvalue weighted by atomic mass is 9.98. The van der Waals surface area contributed by atoms with E-state index in [0.717, 1.165) is 42.8 Å². The summed E-state index contributed by atoms with van der Waals surface area (Å²) in [5.41, 5.74) is 2.90. The first-order valence-corrected chi connectivity index (χ1v) is 5.69. The van der Waals surface area contributed by atoms with E-state index < -0.39 is 0 Å². The Hall–Kier alpha value is -1.53. The van der Waals surface area contributed by atoms with E-state index in [2.05, 4.69) is 33.9 Å². The Balaban J connectivity index is 2.10. The molecule has 2 rings (SSSR count). The van der Waals surface area contributed by atoms with Crippen molar-refractivity contribution in [2.75, 3.05) is 13.1 Å². The zero-order valence-electron chi connectivity index (χ0n) is 9.64. The minimum absolute atomic E-state index is 0.522. The molecule has 1 aliphatic heterocycles. The molecule has 3 nitrogen and oxygen atoms in total. The molecular formula is C13H17N3. The van der Waals surface area contributed by atoms with Crippen LogP contribution in [0.3, 0.4) is 0 Å². The fourth-order valence-corrected chi connectivity index (χ4v) is 1.85. The second kappa shape index (κ2) is 5.00. The predicted molar refractivity (Wildman–Crippen MR) is 65.8 cm³/mol. The van der Waals surface area contributed by atoms with Crippen LogP contribution in [0, 0.1) is 17.8 Å². The van der Waals surface area contributed by atoms with Crippen molar-refractivity contribution in [1.82, 2.24) is 15.5 Å². The average Bonchev–Trinajstić information content (AvgIpc) is 2.76. The van der Waals surface area contributed by atoms with Crippen LogP contribution in [0.5, 0.6) is 0 Å². The summed E-state index contributed by atoms with van der Waals surface area (Å²) < 4.78 is 0. The third-order valence-corrected chi connectivity index (χ3v) is 2.82. The van der Waals surface area contributed by atoms with Gasteiger partial charge >= 0.3 is 0 Å². The van der Waals surface area contributed by atoms with E-state index in [1.54, 1.807) is 6.20 Å². The smallest absolute Gasteiger partial charge is 0.0757 e. The van der Waals surface area contributed by atoms with E-state index in [9.17, 15) is 0 Å². The maximum absolute atomic E-state index is 4.01. The molecule has 1 aliphatic rings. The van der Waals surface area contributed by atoms with Crippen molar-refractivity contribution in [2.24, 2.45) is 5.92 Å². The largest absolute Gasteiger partial charge is 0.317 e. The van der Waals surface area contributed by atoms with Crippen molar-refractivity contribution in [3.63, 3.8) is 0 Å². The van der Waals surface area contributed by atoms with Crippen molar-refractivity contribution in [3.05, 3.63) is 24.0 Å². The molecule has 0 aliphatic carbocycles. The van der Waals surface area contributed by atoms with E-state index in [-0.39, 0.29) is 0 Å². The molecule has 0 amide bonds. The summed E-state index contributed by atoms with van der Waals surface area (Å²) >= 11 is 0. The van der Waals surface area contributed by atoms with Crippen molar-refractivity contribution in [1.29, 1.82) is 0 Å². The highest BCUT2D eigenvalue weighted by molar-refractivity contribution is 5.64. The molecule has 0 aromatic carbocycles. The summed E-state index contributed by atoms with van der Waals surface area (Å²) in [6.45, 7) is 8.03. The molecule has 0 atom stereocenters. The van der Waals surface area contributed by atoms with Crippen LogP contribution < -0.4 is 5.32 Å². The van der Waals surface area contributed by atoms with E-state index >= 15 is 0 Å². The molecule has 1 aromatic heterocycles. The summed E-state index contributed by atoms with van der Waals surface area (Å²) in [4.78, 5) is 0. The quantitative estimate of drug-likeness (QED) is 0.701. The lowest BCUT2D eigenvalue weighted by Gasteiger charge is -2.17. The molecule has 1 aromatic rings. The number of nitrogens with one attached hydrogen (secondary N) is 2. The van der Waals surface area contributed by atoms with Crippen LogP contribution in [0.4, 0.5) is 0 Å². The fraction of sp³-hybridized carbons (Fsp3) is 0.462. The van der Waals surface area contributed by atoms with Gasteiger partial charge in [0.25, 0.3) is 0 Å². The van der Waals surface area contributed by atoms with Gasteiger partial charge in [-0.05, 0) is 38.4 Å². The minimum atomic E-state index is 0.522. The maximum atomic E-state index is 4.01. The Morgan fingerprint density at radius 2 is 2.25 bits per heavy atom. The van der Waals surface area contributed by atoms with Gasteiger partial charge in [-0.25, -0.2) is 0 Å². The highest BCUT2D eigenvalue weighted by Gasteiger charge is 2.09. The summed E-state index contributed by atoms with van der Waals surface area (Å²) in [5.74, 6) is 7.06. The van der Waals surface area contributed by atoms with Gasteiger partial charge in [0.05, 0.1) is 17.5 Å². The van der Waals surface area contributed by atoms with Gasteiger partial charge in [0.2, 0.25) is 0 Å². The fourth-order valence-electron chi connectivity index (χ4n) is 1.85. The standard InChI is InChI=1S/C13H17N3/c1-10(2)13-12(9-15-16-13)4-3-11-5-7-14-8-6-11/h9,11,14H,1,5-8H2,2H3,(H,15,16). The lowest BCUT2D eigenvalue weighted by molar-refractivity contribution is 0.447. The number of aromatic amines is 1. The number of allylic oxidation sites excluding steroid dienone is 1. The van der Waals surface area contributed by atoms with Crippen LogP contribution in [0.15, 0.2) is 12.8 Å². The molecule has 1 saturated heterocycles. The first-order valence-electron chi connectivity index (χ1n) is 5.69. The number of nitrogens with zero attached hydrogens (tertiary/aromatic N) is 1. The Morgan fingerprint density at radius 1 is 1.50 bits per heavy atom. The molecule has 0 bridgehead atoms. The van der Waals surface area contributed by atoms with E-state index in [4.69, 9.17) is 0 Å². The SMILES string of the molecule is C=C(C)c1[nH]ncc1C#CC1CCNCC1. The van der Waals surface area contributed by atoms with Crippen LogP contribution >= 0.6 is 0 Å². The van der Waals surface area contributed by atoms with Gasteiger partial charge in [-0.3, -0.25) is 5.10 Å². The highest BCUT2D eigenvalue weighted by atomic mass is 15.1. The molecule has 2 N–H and O–H groups in total. The first-order chi connectivity index (χ1) is 7.77. The van der Waals surface area contributed by atoms with Gasteiger partial charge in [-0.1, -0.05) is 18.4 Å². The molecule has 1 fully saturated rings. The van der Waals surface area contributed by atoms with Crippen molar-refractivity contribution < 1.29 is 0 Å². The monoisotopic (exact) mass is 215 g/mol. The summed E-state index contributed by atoms with van der Waals surface area (Å²) in [7, 11) is 0. The molecule has 2 heterocycles. The van der Waals surface area contributed by atoms with E-state index in [1.165, 1.54) is 0 Å². The van der Waals surface area contributed by atoms with Gasteiger partial charge in [-0.15, -0.1) is 0 Å². The van der Waals surface area contributed by atoms with Gasteiger partial charge in [0.15, 0.2) is 0 Å². The Labute approximate surface area is 96.3 Å². The van der Waals surface area contributed by atoms with E-state index in [0.29, 0.717) is 5.92 Å². The Morgan fingerprint density at radius 3 is 2.94 bits per heavy atom. The molecule has 0 spiro atoms. The van der Waals surface area contributed by atoms with Crippen LogP contribution in [0.25, 0.3) is 5.57 Å². The van der Waals surface area contributed by atoms with Gasteiger partial charge in [0.1, 0.15) is 0 Å². The topological polar surface area (TPSA) is 40.7 Å². The number of rotatable bonds is 1. The van der Waals surface area contributed by atoms with Crippen LogP contribution in [-0.2, 0) is 0 Å². The zero-order valence-corrected chi connectivity index (χ0v) is 9.64. The Bertz CT molecular complexity index is 428. The second-order valence-corrected chi connectivity index (χ2v) is 4.23. The third kappa shape index (κ3) is 2.53. The molecule has 0 saturated carbocycles. The van der Waals surface area contributed by atoms with Gasteiger partial charge in [-0.2, -0.15) is 5.10 Å². The first kappa shape index (κ1) is 11.0. The lowest BCUT2D eigenvalue weighted by Crippen LogP contribution is -2.26. The summed E-state index contributed by atoms with van der Waals surface area (Å²) in [6, 6.07) is 0. The molecule has 84 valence electrons. The van der Waals surface area contributed by atoms with Crippen molar-refractivity contribution >= 4 is 5.57 Å². The third-order valence-electron chi connectivity index (χ3n) is 2.82. The van der Waals surface area contributed by atoms with E-state index in [1.807, 2.05) is 6.92 Å². The van der Waals surface area contributed by atoms with Crippen LogP contribution in [-0.4, -0.2) is 23.3 Å². The minimum Gasteiger partial charge on any atom is -0.317 e. The molecule has 0 unspecified atom stereocenters. The van der Waals surface area contributed by atoms with Crippen molar-refractivity contribution in [3.8, 4) is 11.8 Å². The number of hydrogen-bond donors (Lipinski definition) is 2. The molecular weight excluding hydrogens is 198 g/mol. The molecule has 0 radical (unpaired) electrons. The average molecular weight is 215 g/mol. The Kier molecular flexibility index (Phi) is 3.43. The summed E-state index contributed by atoms with van der Waals surface area (Å²) in [6.07, 6.45) is 4.07. The van der Waals surface area contributed by atoms with Crippen molar-refractivity contribution in [2.45, 2.75) is 19.8 Å². The molecule has 3 heteroatoms. The number of piperidine rings is 1. The number of hydrogen-bond acceptors (Lipinski definition) is 2. The zero-order chi connectivity index (χ0) is 11.4. The number of aromatic nitrogens is 2. The highest BCUT2D eigenvalue weighted by Crippen LogP contribution is 2.14.